The molecule has 6 heteroatoms. The molecule has 0 spiro atoms. The van der Waals surface area contributed by atoms with Crippen molar-refractivity contribution in [3.63, 3.8) is 0 Å². The van der Waals surface area contributed by atoms with E-state index >= 15 is 0 Å². The van der Waals surface area contributed by atoms with Gasteiger partial charge in [0.05, 0.1) is 15.9 Å². The molecule has 0 aliphatic carbocycles. The van der Waals surface area contributed by atoms with Crippen LogP contribution in [0.25, 0.3) is 10.2 Å². The fraction of sp³-hybridized carbons (Fsp3) is 0.0769. The molecule has 0 fully saturated rings. The van der Waals surface area contributed by atoms with Crippen LogP contribution < -0.4 is 11.1 Å². The number of hydrogen-bond acceptors (Lipinski definition) is 5. The van der Waals surface area contributed by atoms with Gasteiger partial charge in [0.15, 0.2) is 10.9 Å². The number of fused-ring (bicyclic) bond motifs is 1. The van der Waals surface area contributed by atoms with E-state index in [9.17, 15) is 0 Å². The quantitative estimate of drug-likeness (QED) is 0.740. The van der Waals surface area contributed by atoms with Gasteiger partial charge in [-0.05, 0) is 46.6 Å². The van der Waals surface area contributed by atoms with Gasteiger partial charge in [-0.1, -0.05) is 17.4 Å². The molecule has 19 heavy (non-hydrogen) atoms. The van der Waals surface area contributed by atoms with Crippen LogP contribution in [0.4, 0.5) is 16.6 Å². The van der Waals surface area contributed by atoms with E-state index in [0.717, 1.165) is 19.8 Å². The molecule has 1 aromatic carbocycles. The Morgan fingerprint density at radius 2 is 2.16 bits per heavy atom. The smallest absolute Gasteiger partial charge is 0.189 e. The van der Waals surface area contributed by atoms with Gasteiger partial charge >= 0.3 is 0 Å². The zero-order valence-electron chi connectivity index (χ0n) is 10.1. The predicted molar refractivity (Wildman–Crippen MR) is 84.0 cm³/mol. The van der Waals surface area contributed by atoms with Crippen molar-refractivity contribution in [2.75, 3.05) is 11.1 Å². The highest BCUT2D eigenvalue weighted by Crippen LogP contribution is 2.30. The van der Waals surface area contributed by atoms with Crippen LogP contribution >= 0.6 is 27.3 Å². The number of halogens is 1. The molecular weight excluding hydrogens is 324 g/mol. The van der Waals surface area contributed by atoms with E-state index in [1.54, 1.807) is 17.5 Å². The number of rotatable bonds is 2. The second-order valence-corrected chi connectivity index (χ2v) is 6.15. The van der Waals surface area contributed by atoms with Crippen LogP contribution in [0.15, 0.2) is 34.9 Å². The number of nitrogens with one attached hydrogen (secondary N) is 1. The van der Waals surface area contributed by atoms with Gasteiger partial charge in [-0.2, -0.15) is 0 Å². The van der Waals surface area contributed by atoms with Crippen molar-refractivity contribution >= 4 is 54.1 Å². The highest BCUT2D eigenvalue weighted by atomic mass is 79.9. The summed E-state index contributed by atoms with van der Waals surface area (Å²) in [5.74, 6) is 0.624. The maximum Gasteiger partial charge on any atom is 0.189 e. The van der Waals surface area contributed by atoms with Gasteiger partial charge < -0.3 is 11.1 Å². The van der Waals surface area contributed by atoms with E-state index < -0.39 is 0 Å². The van der Waals surface area contributed by atoms with Crippen LogP contribution in [-0.4, -0.2) is 9.97 Å². The predicted octanol–water partition coefficient (Wildman–Crippen LogP) is 4.09. The Bertz CT molecular complexity index is 753. The van der Waals surface area contributed by atoms with Crippen LogP contribution in [0.3, 0.4) is 0 Å². The molecule has 0 aliphatic heterocycles. The van der Waals surface area contributed by atoms with Crippen molar-refractivity contribution < 1.29 is 0 Å². The Kier molecular flexibility index (Phi) is 3.12. The Morgan fingerprint density at radius 1 is 1.32 bits per heavy atom. The van der Waals surface area contributed by atoms with Crippen molar-refractivity contribution in [3.05, 3.63) is 40.5 Å². The summed E-state index contributed by atoms with van der Waals surface area (Å²) in [5, 5.41) is 3.95. The van der Waals surface area contributed by atoms with Gasteiger partial charge in [0.2, 0.25) is 0 Å². The molecule has 96 valence electrons. The first-order chi connectivity index (χ1) is 9.11. The van der Waals surface area contributed by atoms with Crippen LogP contribution in [0.5, 0.6) is 0 Å². The molecule has 2 aromatic heterocycles. The third-order valence-electron chi connectivity index (χ3n) is 2.65. The lowest BCUT2D eigenvalue weighted by Crippen LogP contribution is -1.98. The highest BCUT2D eigenvalue weighted by molar-refractivity contribution is 9.10. The molecule has 0 atom stereocenters. The molecule has 4 nitrogen and oxygen atoms in total. The molecular formula is C13H11BrN4S. The molecule has 2 heterocycles. The SMILES string of the molecule is Cc1ccc2nc(Nc3ncc(Br)cc3N)sc2c1. The molecule has 0 saturated carbocycles. The Labute approximate surface area is 122 Å². The van der Waals surface area contributed by atoms with Crippen molar-refractivity contribution in [1.29, 1.82) is 0 Å². The molecule has 0 bridgehead atoms. The zero-order chi connectivity index (χ0) is 13.4. The third kappa shape index (κ3) is 2.54. The number of pyridine rings is 1. The van der Waals surface area contributed by atoms with E-state index in [4.69, 9.17) is 5.73 Å². The molecule has 3 aromatic rings. The number of aryl methyl sites for hydroxylation is 1. The van der Waals surface area contributed by atoms with Gasteiger partial charge in [0.1, 0.15) is 0 Å². The van der Waals surface area contributed by atoms with E-state index in [2.05, 4.69) is 50.3 Å². The average molecular weight is 335 g/mol. The summed E-state index contributed by atoms with van der Waals surface area (Å²) in [4.78, 5) is 8.76. The number of nitrogens with two attached hydrogens (primary N) is 1. The topological polar surface area (TPSA) is 63.8 Å². The Balaban J connectivity index is 1.96. The van der Waals surface area contributed by atoms with E-state index in [-0.39, 0.29) is 0 Å². The maximum atomic E-state index is 5.91. The number of nitrogens with zero attached hydrogens (tertiary/aromatic N) is 2. The number of nitrogen functional groups attached to an aromatic ring is 1. The monoisotopic (exact) mass is 334 g/mol. The van der Waals surface area contributed by atoms with E-state index in [1.807, 2.05) is 12.1 Å². The minimum absolute atomic E-state index is 0.588. The third-order valence-corrected chi connectivity index (χ3v) is 4.02. The summed E-state index contributed by atoms with van der Waals surface area (Å²) in [7, 11) is 0. The van der Waals surface area contributed by atoms with Crippen LogP contribution in [-0.2, 0) is 0 Å². The first-order valence-corrected chi connectivity index (χ1v) is 7.28. The van der Waals surface area contributed by atoms with Crippen LogP contribution in [0, 0.1) is 6.92 Å². The molecule has 0 amide bonds. The largest absolute Gasteiger partial charge is 0.396 e. The minimum atomic E-state index is 0.588. The molecule has 3 rings (SSSR count). The molecule has 0 radical (unpaired) electrons. The van der Waals surface area contributed by atoms with Crippen LogP contribution in [0.1, 0.15) is 5.56 Å². The lowest BCUT2D eigenvalue weighted by Gasteiger charge is -2.04. The average Bonchev–Trinajstić information content (AvgIpc) is 2.74. The van der Waals surface area contributed by atoms with Gasteiger partial charge in [-0.25, -0.2) is 9.97 Å². The minimum Gasteiger partial charge on any atom is -0.396 e. The number of thiazole rings is 1. The normalized spacial score (nSPS) is 10.8. The molecule has 0 unspecified atom stereocenters. The Morgan fingerprint density at radius 3 is 2.95 bits per heavy atom. The zero-order valence-corrected chi connectivity index (χ0v) is 12.5. The number of hydrogen-bond donors (Lipinski definition) is 2. The van der Waals surface area contributed by atoms with Gasteiger partial charge in [-0.3, -0.25) is 0 Å². The van der Waals surface area contributed by atoms with E-state index in [1.165, 1.54) is 5.56 Å². The number of aromatic nitrogens is 2. The fourth-order valence-electron chi connectivity index (χ4n) is 1.75. The number of benzene rings is 1. The van der Waals surface area contributed by atoms with Gasteiger partial charge in [0.25, 0.3) is 0 Å². The lowest BCUT2D eigenvalue weighted by molar-refractivity contribution is 1.29. The second-order valence-electron chi connectivity index (χ2n) is 4.21. The van der Waals surface area contributed by atoms with Gasteiger partial charge in [-0.15, -0.1) is 0 Å². The Hall–Kier alpha value is -1.66. The fourth-order valence-corrected chi connectivity index (χ4v) is 3.06. The van der Waals surface area contributed by atoms with Crippen molar-refractivity contribution in [2.45, 2.75) is 6.92 Å². The molecule has 0 saturated heterocycles. The summed E-state index contributed by atoms with van der Waals surface area (Å²) in [6.45, 7) is 2.07. The van der Waals surface area contributed by atoms with Crippen molar-refractivity contribution in [3.8, 4) is 0 Å². The standard InChI is InChI=1S/C13H11BrN4S/c1-7-2-3-10-11(4-7)19-13(17-10)18-12-9(15)5-8(14)6-16-12/h2-6H,15H2,1H3,(H,16,17,18). The van der Waals surface area contributed by atoms with Crippen molar-refractivity contribution in [1.82, 2.24) is 9.97 Å². The maximum absolute atomic E-state index is 5.91. The summed E-state index contributed by atoms with van der Waals surface area (Å²) in [6.07, 6.45) is 1.70. The molecule has 0 aliphatic rings. The van der Waals surface area contributed by atoms with Crippen molar-refractivity contribution in [2.24, 2.45) is 0 Å². The first-order valence-electron chi connectivity index (χ1n) is 5.67. The highest BCUT2D eigenvalue weighted by Gasteiger charge is 2.07. The number of anilines is 3. The summed E-state index contributed by atoms with van der Waals surface area (Å²) < 4.78 is 2.01. The lowest BCUT2D eigenvalue weighted by atomic mass is 10.2. The summed E-state index contributed by atoms with van der Waals surface area (Å²) in [5.41, 5.74) is 8.70. The first kappa shape index (κ1) is 12.4. The molecule has 3 N–H and O–H groups in total. The van der Waals surface area contributed by atoms with Crippen LogP contribution in [0.2, 0.25) is 0 Å². The second kappa shape index (κ2) is 4.79. The van der Waals surface area contributed by atoms with Gasteiger partial charge in [0, 0.05) is 10.7 Å². The van der Waals surface area contributed by atoms with E-state index in [0.29, 0.717) is 11.5 Å². The summed E-state index contributed by atoms with van der Waals surface area (Å²) in [6, 6.07) is 8.01. The summed E-state index contributed by atoms with van der Waals surface area (Å²) >= 11 is 4.92.